The van der Waals surface area contributed by atoms with Gasteiger partial charge in [0.1, 0.15) is 0 Å². The van der Waals surface area contributed by atoms with Crippen LogP contribution in [0.3, 0.4) is 0 Å². The molecule has 0 spiro atoms. The Morgan fingerprint density at radius 2 is 1.51 bits per heavy atom. The number of Topliss-reactive ketones (excluding diaryl/α,β-unsaturated/α-hetero) is 1. The molecule has 0 bridgehead atoms. The Labute approximate surface area is 209 Å². The first-order chi connectivity index (χ1) is 17.0. The highest BCUT2D eigenvalue weighted by Gasteiger charge is 2.23. The van der Waals surface area contributed by atoms with Crippen molar-refractivity contribution in [1.82, 2.24) is 5.32 Å². The number of benzene rings is 3. The minimum absolute atomic E-state index is 0.0370. The monoisotopic (exact) mass is 488 g/mol. The van der Waals surface area contributed by atoms with Crippen molar-refractivity contribution in [2.24, 2.45) is 0 Å². The van der Waals surface area contributed by atoms with Crippen molar-refractivity contribution in [3.8, 4) is 0 Å². The number of aryl methyl sites for hydroxylation is 1. The first-order valence-corrected chi connectivity index (χ1v) is 12.5. The number of fused-ring (bicyclic) bond motifs is 2. The van der Waals surface area contributed by atoms with Crippen LogP contribution in [0.4, 0.5) is 11.4 Å². The van der Waals surface area contributed by atoms with Crippen molar-refractivity contribution in [2.45, 2.75) is 36.0 Å². The first kappa shape index (κ1) is 24.5. The highest BCUT2D eigenvalue weighted by atomic mass is 32.2. The van der Waals surface area contributed by atoms with E-state index in [9.17, 15) is 14.4 Å². The van der Waals surface area contributed by atoms with E-state index in [0.717, 1.165) is 39.6 Å². The molecule has 0 saturated heterocycles. The summed E-state index contributed by atoms with van der Waals surface area (Å²) in [6.45, 7) is 2.32. The highest BCUT2D eigenvalue weighted by Crippen LogP contribution is 2.47. The Kier molecular flexibility index (Phi) is 8.21. The third-order valence-electron chi connectivity index (χ3n) is 5.73. The molecule has 3 aromatic rings. The largest absolute Gasteiger partial charge is 0.457 e. The zero-order chi connectivity index (χ0) is 24.6. The molecular formula is C28H28N2O4S. The summed E-state index contributed by atoms with van der Waals surface area (Å²) in [5.74, 6) is -0.667. The molecular weight excluding hydrogens is 460 g/mol. The summed E-state index contributed by atoms with van der Waals surface area (Å²) >= 11 is 1.72. The standard InChI is InChI=1S/C28H28N2O4S/c1-20(31)29-17-6-7-21-12-14-22(15-13-21)25(32)19-34-28(33)16-18-30-23-8-2-4-10-26(23)35-27-11-5-3-9-24(27)30/h2-5,8-15H,6-7,16-19H2,1H3,(H,29,31). The summed E-state index contributed by atoms with van der Waals surface area (Å²) < 4.78 is 5.30. The van der Waals surface area contributed by atoms with Gasteiger partial charge in [-0.05, 0) is 42.7 Å². The summed E-state index contributed by atoms with van der Waals surface area (Å²) in [7, 11) is 0. The van der Waals surface area contributed by atoms with Gasteiger partial charge in [0.15, 0.2) is 12.4 Å². The van der Waals surface area contributed by atoms with Crippen molar-refractivity contribution in [3.63, 3.8) is 0 Å². The van der Waals surface area contributed by atoms with Crippen molar-refractivity contribution < 1.29 is 19.1 Å². The SMILES string of the molecule is CC(=O)NCCCc1ccc(C(=O)COC(=O)CCN2c3ccccc3Sc3ccccc32)cc1. The van der Waals surface area contributed by atoms with E-state index in [1.807, 2.05) is 36.4 Å². The van der Waals surface area contributed by atoms with Crippen LogP contribution in [0.5, 0.6) is 0 Å². The average molecular weight is 489 g/mol. The number of nitrogens with zero attached hydrogens (tertiary/aromatic N) is 1. The number of hydrogen-bond acceptors (Lipinski definition) is 6. The Hall–Kier alpha value is -3.58. The van der Waals surface area contributed by atoms with E-state index in [2.05, 4.69) is 34.5 Å². The fourth-order valence-electron chi connectivity index (χ4n) is 3.94. The molecule has 0 aliphatic carbocycles. The van der Waals surface area contributed by atoms with E-state index in [1.165, 1.54) is 6.92 Å². The molecule has 6 nitrogen and oxygen atoms in total. The fraction of sp³-hybridized carbons (Fsp3) is 0.250. The van der Waals surface area contributed by atoms with Crippen LogP contribution in [0.15, 0.2) is 82.6 Å². The molecule has 180 valence electrons. The Morgan fingerprint density at radius 1 is 0.886 bits per heavy atom. The Morgan fingerprint density at radius 3 is 2.14 bits per heavy atom. The Balaban J connectivity index is 1.27. The van der Waals surface area contributed by atoms with Gasteiger partial charge in [0.25, 0.3) is 0 Å². The van der Waals surface area contributed by atoms with Gasteiger partial charge in [0.05, 0.1) is 17.8 Å². The van der Waals surface area contributed by atoms with Crippen LogP contribution in [0, 0.1) is 0 Å². The molecule has 1 amide bonds. The second kappa shape index (κ2) is 11.7. The molecule has 35 heavy (non-hydrogen) atoms. The van der Waals surface area contributed by atoms with Crippen LogP contribution >= 0.6 is 11.8 Å². The topological polar surface area (TPSA) is 75.7 Å². The molecule has 0 radical (unpaired) electrons. The molecule has 4 rings (SSSR count). The van der Waals surface area contributed by atoms with E-state index < -0.39 is 5.97 Å². The number of carbonyl (C=O) groups excluding carboxylic acids is 3. The summed E-state index contributed by atoms with van der Waals surface area (Å²) in [5, 5.41) is 2.77. The van der Waals surface area contributed by atoms with E-state index in [-0.39, 0.29) is 24.7 Å². The molecule has 0 fully saturated rings. The average Bonchev–Trinajstić information content (AvgIpc) is 2.88. The Bertz CT molecular complexity index is 1160. The van der Waals surface area contributed by atoms with Crippen molar-refractivity contribution >= 4 is 40.8 Å². The lowest BCUT2D eigenvalue weighted by molar-refractivity contribution is -0.142. The molecule has 7 heteroatoms. The van der Waals surface area contributed by atoms with E-state index in [1.54, 1.807) is 23.9 Å². The predicted molar refractivity (Wildman–Crippen MR) is 137 cm³/mol. The maximum Gasteiger partial charge on any atom is 0.308 e. The van der Waals surface area contributed by atoms with Crippen LogP contribution in [-0.2, 0) is 20.7 Å². The minimum Gasteiger partial charge on any atom is -0.457 e. The van der Waals surface area contributed by atoms with Gasteiger partial charge in [-0.1, -0.05) is 60.3 Å². The van der Waals surface area contributed by atoms with Crippen LogP contribution in [-0.4, -0.2) is 37.4 Å². The maximum atomic E-state index is 12.5. The zero-order valence-electron chi connectivity index (χ0n) is 19.7. The molecule has 0 saturated carbocycles. The van der Waals surface area contributed by atoms with Crippen LogP contribution in [0.2, 0.25) is 0 Å². The van der Waals surface area contributed by atoms with Gasteiger partial charge in [0.2, 0.25) is 5.91 Å². The molecule has 1 aliphatic rings. The third-order valence-corrected chi connectivity index (χ3v) is 6.86. The van der Waals surface area contributed by atoms with Gasteiger partial charge in [-0.2, -0.15) is 0 Å². The molecule has 0 unspecified atom stereocenters. The lowest BCUT2D eigenvalue weighted by Crippen LogP contribution is -2.25. The normalized spacial score (nSPS) is 11.9. The van der Waals surface area contributed by atoms with E-state index in [4.69, 9.17) is 4.74 Å². The number of anilines is 2. The van der Waals surface area contributed by atoms with Gasteiger partial charge in [0, 0.05) is 35.4 Å². The quantitative estimate of drug-likeness (QED) is 0.241. The van der Waals surface area contributed by atoms with Crippen LogP contribution in [0.25, 0.3) is 0 Å². The summed E-state index contributed by atoms with van der Waals surface area (Å²) in [5.41, 5.74) is 3.73. The molecule has 1 N–H and O–H groups in total. The zero-order valence-corrected chi connectivity index (χ0v) is 20.5. The van der Waals surface area contributed by atoms with Crippen LogP contribution < -0.4 is 10.2 Å². The van der Waals surface area contributed by atoms with E-state index in [0.29, 0.717) is 18.7 Å². The molecule has 3 aromatic carbocycles. The van der Waals surface area contributed by atoms with Crippen molar-refractivity contribution in [3.05, 3.63) is 83.9 Å². The lowest BCUT2D eigenvalue weighted by atomic mass is 10.1. The molecule has 1 aliphatic heterocycles. The van der Waals surface area contributed by atoms with Crippen molar-refractivity contribution in [1.29, 1.82) is 0 Å². The van der Waals surface area contributed by atoms with E-state index >= 15 is 0 Å². The number of para-hydroxylation sites is 2. The number of ketones is 1. The number of hydrogen-bond donors (Lipinski definition) is 1. The number of nitrogens with one attached hydrogen (secondary N) is 1. The van der Waals surface area contributed by atoms with Crippen LogP contribution in [0.1, 0.15) is 35.7 Å². The molecule has 1 heterocycles. The van der Waals surface area contributed by atoms with Gasteiger partial charge in [-0.25, -0.2) is 0 Å². The molecule has 0 atom stereocenters. The number of carbonyl (C=O) groups is 3. The van der Waals surface area contributed by atoms with Gasteiger partial charge < -0.3 is 15.0 Å². The first-order valence-electron chi connectivity index (χ1n) is 11.7. The molecule has 0 aromatic heterocycles. The third kappa shape index (κ3) is 6.51. The predicted octanol–water partition coefficient (Wildman–Crippen LogP) is 5.17. The summed E-state index contributed by atoms with van der Waals surface area (Å²) in [4.78, 5) is 40.3. The minimum atomic E-state index is -0.402. The fourth-order valence-corrected chi connectivity index (χ4v) is 5.04. The number of amides is 1. The van der Waals surface area contributed by atoms with Gasteiger partial charge >= 0.3 is 5.97 Å². The van der Waals surface area contributed by atoms with Crippen molar-refractivity contribution in [2.75, 3.05) is 24.6 Å². The van der Waals surface area contributed by atoms with Gasteiger partial charge in [-0.15, -0.1) is 0 Å². The number of rotatable bonds is 10. The summed E-state index contributed by atoms with van der Waals surface area (Å²) in [6, 6.07) is 23.6. The van der Waals surface area contributed by atoms with Gasteiger partial charge in [-0.3, -0.25) is 14.4 Å². The highest BCUT2D eigenvalue weighted by molar-refractivity contribution is 7.99. The maximum absolute atomic E-state index is 12.5. The second-order valence-electron chi connectivity index (χ2n) is 8.31. The second-order valence-corrected chi connectivity index (χ2v) is 9.39. The smallest absolute Gasteiger partial charge is 0.308 e. The number of esters is 1. The summed E-state index contributed by atoms with van der Waals surface area (Å²) in [6.07, 6.45) is 1.81. The number of ether oxygens (including phenoxy) is 1. The lowest BCUT2D eigenvalue weighted by Gasteiger charge is -2.32.